The van der Waals surface area contributed by atoms with Crippen molar-refractivity contribution < 1.29 is 13.7 Å². The number of nitrogens with one attached hydrogen (secondary N) is 2. The van der Waals surface area contributed by atoms with Crippen molar-refractivity contribution in [3.8, 4) is 6.07 Å². The Bertz CT molecular complexity index is 1120. The van der Waals surface area contributed by atoms with Gasteiger partial charge in [-0.05, 0) is 24.1 Å². The minimum absolute atomic E-state index is 0.121. The molecule has 0 radical (unpaired) electrons. The van der Waals surface area contributed by atoms with Crippen LogP contribution in [0.5, 0.6) is 0 Å². The quantitative estimate of drug-likeness (QED) is 0.665. The summed E-state index contributed by atoms with van der Waals surface area (Å²) in [5, 5.41) is 22.7. The van der Waals surface area contributed by atoms with Crippen LogP contribution in [-0.4, -0.2) is 27.0 Å². The van der Waals surface area contributed by atoms with Gasteiger partial charge in [-0.15, -0.1) is 0 Å². The van der Waals surface area contributed by atoms with Crippen LogP contribution in [0.1, 0.15) is 36.9 Å². The van der Waals surface area contributed by atoms with Gasteiger partial charge in [-0.3, -0.25) is 0 Å². The van der Waals surface area contributed by atoms with Crippen molar-refractivity contribution in [3.05, 3.63) is 53.1 Å². The number of fused-ring (bicyclic) bond motifs is 1. The van der Waals surface area contributed by atoms with E-state index >= 15 is 0 Å². The van der Waals surface area contributed by atoms with Gasteiger partial charge in [0.25, 0.3) is 0 Å². The Morgan fingerprint density at radius 3 is 2.79 bits per heavy atom. The number of hydrogen-bond acceptors (Lipinski definition) is 5. The first kappa shape index (κ1) is 21.0. The number of halogens is 1. The lowest BCUT2D eigenvalue weighted by atomic mass is 10.0. The molecule has 0 bridgehead atoms. The van der Waals surface area contributed by atoms with E-state index in [1.165, 1.54) is 25.2 Å². The molecule has 3 N–H and O–H groups in total. The van der Waals surface area contributed by atoms with Gasteiger partial charge in [0.1, 0.15) is 21.8 Å². The average Bonchev–Trinajstić information content (AvgIpc) is 2.95. The summed E-state index contributed by atoms with van der Waals surface area (Å²) >= 11 is 0. The van der Waals surface area contributed by atoms with Crippen LogP contribution in [0.15, 0.2) is 39.7 Å². The molecule has 1 aliphatic rings. The number of aliphatic hydroxyl groups excluding tert-OH is 1. The topological polar surface area (TPSA) is 102 Å². The fourth-order valence-electron chi connectivity index (χ4n) is 3.28. The second kappa shape index (κ2) is 7.99. The monoisotopic (exact) mass is 417 g/mol. The molecular weight excluding hydrogens is 393 g/mol. The second-order valence-corrected chi connectivity index (χ2v) is 9.30. The summed E-state index contributed by atoms with van der Waals surface area (Å²) in [6.07, 6.45) is 4.28. The van der Waals surface area contributed by atoms with Gasteiger partial charge in [0, 0.05) is 37.6 Å². The van der Waals surface area contributed by atoms with E-state index in [-0.39, 0.29) is 17.5 Å². The first-order valence-corrected chi connectivity index (χ1v) is 10.7. The zero-order chi connectivity index (χ0) is 21.3. The van der Waals surface area contributed by atoms with Crippen LogP contribution >= 0.6 is 0 Å². The Morgan fingerprint density at radius 1 is 1.45 bits per heavy atom. The first-order valence-electron chi connectivity index (χ1n) is 9.14. The molecule has 2 unspecified atom stereocenters. The van der Waals surface area contributed by atoms with E-state index < -0.39 is 22.0 Å². The van der Waals surface area contributed by atoms with E-state index in [0.717, 1.165) is 0 Å². The molecule has 2 aromatic rings. The molecule has 0 spiro atoms. The number of aromatic nitrogens is 1. The molecule has 3 atom stereocenters. The van der Waals surface area contributed by atoms with Crippen LogP contribution in [0.2, 0.25) is 0 Å². The van der Waals surface area contributed by atoms with Crippen LogP contribution in [0.25, 0.3) is 6.08 Å². The maximum absolute atomic E-state index is 13.6. The lowest BCUT2D eigenvalue weighted by molar-refractivity contribution is 0.199. The summed E-state index contributed by atoms with van der Waals surface area (Å²) in [4.78, 5) is 0.495. The third-order valence-electron chi connectivity index (χ3n) is 4.92. The number of anilines is 1. The Morgan fingerprint density at radius 2 is 2.17 bits per heavy atom. The van der Waals surface area contributed by atoms with Crippen LogP contribution in [0.3, 0.4) is 0 Å². The van der Waals surface area contributed by atoms with Crippen LogP contribution in [-0.2, 0) is 17.0 Å². The summed E-state index contributed by atoms with van der Waals surface area (Å²) in [7, 11) is 0.362. The maximum Gasteiger partial charge on any atom is 0.166 e. The molecule has 7 nitrogen and oxygen atoms in total. The molecule has 1 aromatic carbocycles. The predicted molar refractivity (Wildman–Crippen MR) is 111 cm³/mol. The zero-order valence-corrected chi connectivity index (χ0v) is 17.5. The number of benzene rings is 1. The first-order chi connectivity index (χ1) is 13.7. The molecule has 0 saturated heterocycles. The fraction of sp³-hybridized carbons (Fsp3) is 0.350. The van der Waals surface area contributed by atoms with E-state index in [1.807, 2.05) is 26.0 Å². The molecule has 0 fully saturated rings. The van der Waals surface area contributed by atoms with Gasteiger partial charge in [0.05, 0.1) is 16.2 Å². The van der Waals surface area contributed by atoms with E-state index in [9.17, 15) is 13.7 Å². The summed E-state index contributed by atoms with van der Waals surface area (Å²) < 4.78 is 36.0. The molecule has 0 aliphatic carbocycles. The van der Waals surface area contributed by atoms with Crippen LogP contribution < -0.4 is 10.0 Å². The number of nitrogens with zero attached hydrogens (tertiary/aromatic N) is 3. The van der Waals surface area contributed by atoms with Crippen LogP contribution in [0, 0.1) is 23.1 Å². The zero-order valence-electron chi connectivity index (χ0n) is 16.7. The molecule has 154 valence electrons. The van der Waals surface area contributed by atoms with Gasteiger partial charge in [0.2, 0.25) is 0 Å². The summed E-state index contributed by atoms with van der Waals surface area (Å²) in [5.41, 5.74) is 1.37. The summed E-state index contributed by atoms with van der Waals surface area (Å²) in [6.45, 7) is 4.04. The Kier molecular flexibility index (Phi) is 5.80. The smallest absolute Gasteiger partial charge is 0.166 e. The fourth-order valence-corrected chi connectivity index (χ4v) is 5.20. The highest BCUT2D eigenvalue weighted by Crippen LogP contribution is 2.32. The van der Waals surface area contributed by atoms with Gasteiger partial charge in [0.15, 0.2) is 6.23 Å². The molecule has 1 aromatic heterocycles. The van der Waals surface area contributed by atoms with Crippen molar-refractivity contribution >= 4 is 21.7 Å². The standard InChI is InChI=1S/C20H24FN5O2S/c1-12(2)17-8-6-15-18(29(28,23-3)25-17)11-26(4)19(15)20(27)24-14-5-7-16(21)13(9-14)10-22/h5-9,11-12,17,20,24,27H,1-4H3,(H,23,25,28)/t17-,20?,29?/m1/s1. The van der Waals surface area contributed by atoms with Gasteiger partial charge < -0.3 is 15.0 Å². The van der Waals surface area contributed by atoms with E-state index in [1.54, 1.807) is 23.9 Å². The highest BCUT2D eigenvalue weighted by Gasteiger charge is 2.29. The molecular formula is C20H24FN5O2S. The van der Waals surface area contributed by atoms with Gasteiger partial charge in [-0.2, -0.15) is 5.26 Å². The molecule has 0 amide bonds. The molecule has 2 heterocycles. The third-order valence-corrected chi connectivity index (χ3v) is 6.95. The highest BCUT2D eigenvalue weighted by molar-refractivity contribution is 7.91. The Balaban J connectivity index is 2.05. The largest absolute Gasteiger partial charge is 0.368 e. The van der Waals surface area contributed by atoms with Gasteiger partial charge in [-0.25, -0.2) is 17.7 Å². The molecule has 1 aliphatic heterocycles. The van der Waals surface area contributed by atoms with Crippen molar-refractivity contribution in [1.82, 2.24) is 9.29 Å². The number of rotatable bonds is 4. The van der Waals surface area contributed by atoms with Crippen molar-refractivity contribution in [2.45, 2.75) is 31.0 Å². The second-order valence-electron chi connectivity index (χ2n) is 7.21. The van der Waals surface area contributed by atoms with Crippen molar-refractivity contribution in [2.24, 2.45) is 17.3 Å². The van der Waals surface area contributed by atoms with Crippen molar-refractivity contribution in [3.63, 3.8) is 0 Å². The number of aryl methyl sites for hydroxylation is 1. The summed E-state index contributed by atoms with van der Waals surface area (Å²) in [6, 6.07) is 5.57. The lowest BCUT2D eigenvalue weighted by Gasteiger charge is -2.19. The molecule has 29 heavy (non-hydrogen) atoms. The van der Waals surface area contributed by atoms with Gasteiger partial charge in [-0.1, -0.05) is 26.0 Å². The van der Waals surface area contributed by atoms with Gasteiger partial charge >= 0.3 is 0 Å². The lowest BCUT2D eigenvalue weighted by Crippen LogP contribution is -2.36. The van der Waals surface area contributed by atoms with Crippen molar-refractivity contribution in [1.29, 1.82) is 5.26 Å². The van der Waals surface area contributed by atoms with E-state index in [2.05, 4.69) is 14.4 Å². The van der Waals surface area contributed by atoms with Crippen molar-refractivity contribution in [2.75, 3.05) is 12.4 Å². The number of nitriles is 1. The Labute approximate surface area is 170 Å². The predicted octanol–water partition coefficient (Wildman–Crippen LogP) is 3.15. The third kappa shape index (κ3) is 3.92. The van der Waals surface area contributed by atoms with Crippen LogP contribution in [0.4, 0.5) is 10.1 Å². The highest BCUT2D eigenvalue weighted by atomic mass is 32.2. The molecule has 0 saturated carbocycles. The molecule has 9 heteroatoms. The minimum Gasteiger partial charge on any atom is -0.368 e. The average molecular weight is 418 g/mol. The number of hydrogen-bond donors (Lipinski definition) is 3. The maximum atomic E-state index is 13.6. The Hall–Kier alpha value is -2.67. The van der Waals surface area contributed by atoms with E-state index in [0.29, 0.717) is 21.8 Å². The summed E-state index contributed by atoms with van der Waals surface area (Å²) in [5.74, 6) is -0.431. The minimum atomic E-state index is -2.88. The normalized spacial score (nSPS) is 21.9. The molecule has 3 rings (SSSR count). The van der Waals surface area contributed by atoms with E-state index in [4.69, 9.17) is 5.26 Å². The number of aliphatic hydroxyl groups is 1. The SMILES string of the molecule is CN=S1(=O)N[C@@H](C(C)C)C=Cc2c1cn(C)c2C(O)Nc1ccc(F)c(C#N)c1.